The van der Waals surface area contributed by atoms with E-state index in [4.69, 9.17) is 15.2 Å². The Labute approximate surface area is 102 Å². The second-order valence-electron chi connectivity index (χ2n) is 3.98. The molecule has 0 aromatic heterocycles. The van der Waals surface area contributed by atoms with E-state index in [-0.39, 0.29) is 5.82 Å². The number of hydrogen-bond donors (Lipinski definition) is 1. The topological polar surface area (TPSA) is 44.5 Å². The van der Waals surface area contributed by atoms with Crippen LogP contribution < -0.4 is 5.73 Å². The highest BCUT2D eigenvalue weighted by Gasteiger charge is 2.04. The van der Waals surface area contributed by atoms with Crippen molar-refractivity contribution in [2.75, 3.05) is 26.4 Å². The Morgan fingerprint density at radius 3 is 2.47 bits per heavy atom. The molecule has 0 heterocycles. The molecule has 0 aliphatic rings. The predicted molar refractivity (Wildman–Crippen MR) is 65.4 cm³/mol. The van der Waals surface area contributed by atoms with E-state index >= 15 is 0 Å². The first-order valence-corrected chi connectivity index (χ1v) is 5.76. The van der Waals surface area contributed by atoms with Crippen LogP contribution in [0.5, 0.6) is 0 Å². The van der Waals surface area contributed by atoms with Crippen LogP contribution in [0.15, 0.2) is 12.1 Å². The quantitative estimate of drug-likeness (QED) is 0.742. The van der Waals surface area contributed by atoms with Gasteiger partial charge in [-0.2, -0.15) is 0 Å². The van der Waals surface area contributed by atoms with Gasteiger partial charge in [-0.15, -0.1) is 0 Å². The zero-order valence-corrected chi connectivity index (χ0v) is 10.5. The van der Waals surface area contributed by atoms with Crippen molar-refractivity contribution in [3.63, 3.8) is 0 Å². The van der Waals surface area contributed by atoms with Crippen LogP contribution in [0.25, 0.3) is 0 Å². The van der Waals surface area contributed by atoms with Crippen LogP contribution in [0, 0.1) is 19.7 Å². The Balaban J connectivity index is 2.34. The highest BCUT2D eigenvalue weighted by Crippen LogP contribution is 2.15. The zero-order valence-electron chi connectivity index (χ0n) is 10.5. The maximum Gasteiger partial charge on any atom is 0.126 e. The lowest BCUT2D eigenvalue weighted by molar-refractivity contribution is 0.0431. The molecule has 2 N–H and O–H groups in total. The van der Waals surface area contributed by atoms with Crippen molar-refractivity contribution in [2.24, 2.45) is 5.73 Å². The molecule has 0 radical (unpaired) electrons. The van der Waals surface area contributed by atoms with E-state index in [1.165, 1.54) is 0 Å². The molecule has 0 spiro atoms. The highest BCUT2D eigenvalue weighted by molar-refractivity contribution is 5.31. The summed E-state index contributed by atoms with van der Waals surface area (Å²) in [4.78, 5) is 0. The van der Waals surface area contributed by atoms with Crippen LogP contribution in [0.3, 0.4) is 0 Å². The average molecular weight is 241 g/mol. The monoisotopic (exact) mass is 241 g/mol. The fraction of sp³-hybridized carbons (Fsp3) is 0.538. The number of aryl methyl sites for hydroxylation is 2. The summed E-state index contributed by atoms with van der Waals surface area (Å²) in [6, 6.07) is 3.37. The van der Waals surface area contributed by atoms with Crippen molar-refractivity contribution in [3.8, 4) is 0 Å². The molecule has 0 unspecified atom stereocenters. The minimum atomic E-state index is -0.169. The predicted octanol–water partition coefficient (Wildman–Crippen LogP) is 1.93. The van der Waals surface area contributed by atoms with Crippen LogP contribution >= 0.6 is 0 Å². The summed E-state index contributed by atoms with van der Waals surface area (Å²) in [6.45, 7) is 6.26. The number of nitrogens with two attached hydrogens (primary N) is 1. The first-order chi connectivity index (χ1) is 8.15. The molecule has 0 fully saturated rings. The molecule has 4 heteroatoms. The Kier molecular flexibility index (Phi) is 6.11. The van der Waals surface area contributed by atoms with E-state index in [9.17, 15) is 4.39 Å². The van der Waals surface area contributed by atoms with Crippen molar-refractivity contribution in [2.45, 2.75) is 20.5 Å². The molecule has 17 heavy (non-hydrogen) atoms. The number of ether oxygens (including phenoxy) is 2. The van der Waals surface area contributed by atoms with Gasteiger partial charge in [-0.3, -0.25) is 0 Å². The molecule has 0 aliphatic heterocycles. The van der Waals surface area contributed by atoms with Crippen LogP contribution in [0.2, 0.25) is 0 Å². The van der Waals surface area contributed by atoms with E-state index in [1.54, 1.807) is 13.0 Å². The summed E-state index contributed by atoms with van der Waals surface area (Å²) in [7, 11) is 0. The number of rotatable bonds is 7. The first-order valence-electron chi connectivity index (χ1n) is 5.76. The Morgan fingerprint density at radius 1 is 1.06 bits per heavy atom. The van der Waals surface area contributed by atoms with Crippen molar-refractivity contribution in [1.29, 1.82) is 0 Å². The maximum atomic E-state index is 13.2. The third-order valence-corrected chi connectivity index (χ3v) is 2.51. The lowest BCUT2D eigenvalue weighted by Gasteiger charge is -2.09. The van der Waals surface area contributed by atoms with Gasteiger partial charge in [0.1, 0.15) is 5.82 Å². The molecule has 96 valence electrons. The molecule has 3 nitrogen and oxygen atoms in total. The van der Waals surface area contributed by atoms with Crippen LogP contribution in [-0.2, 0) is 16.1 Å². The fourth-order valence-corrected chi connectivity index (χ4v) is 1.48. The minimum absolute atomic E-state index is 0.169. The molecular weight excluding hydrogens is 221 g/mol. The van der Waals surface area contributed by atoms with Gasteiger partial charge in [-0.1, -0.05) is 6.07 Å². The summed E-state index contributed by atoms with van der Waals surface area (Å²) in [5.74, 6) is -0.169. The normalized spacial score (nSPS) is 10.8. The lowest BCUT2D eigenvalue weighted by Crippen LogP contribution is -2.12. The summed E-state index contributed by atoms with van der Waals surface area (Å²) >= 11 is 0. The van der Waals surface area contributed by atoms with Gasteiger partial charge >= 0.3 is 0 Å². The smallest absolute Gasteiger partial charge is 0.126 e. The number of halogens is 1. The fourth-order valence-electron chi connectivity index (χ4n) is 1.48. The Morgan fingerprint density at radius 2 is 1.76 bits per heavy atom. The number of hydrogen-bond acceptors (Lipinski definition) is 3. The Hall–Kier alpha value is -0.970. The lowest BCUT2D eigenvalue weighted by atomic mass is 10.1. The van der Waals surface area contributed by atoms with Gasteiger partial charge < -0.3 is 15.2 Å². The highest BCUT2D eigenvalue weighted by atomic mass is 19.1. The van der Waals surface area contributed by atoms with E-state index < -0.39 is 0 Å². The molecule has 0 atom stereocenters. The molecule has 1 aromatic carbocycles. The van der Waals surface area contributed by atoms with Gasteiger partial charge in [-0.25, -0.2) is 4.39 Å². The van der Waals surface area contributed by atoms with Gasteiger partial charge in [0.25, 0.3) is 0 Å². The molecule has 0 saturated heterocycles. The van der Waals surface area contributed by atoms with Gasteiger partial charge in [0.15, 0.2) is 0 Å². The van der Waals surface area contributed by atoms with E-state index in [0.29, 0.717) is 38.5 Å². The molecule has 1 aromatic rings. The first kappa shape index (κ1) is 14.1. The molecule has 0 bridgehead atoms. The number of benzene rings is 1. The maximum absolute atomic E-state index is 13.2. The van der Waals surface area contributed by atoms with Gasteiger partial charge in [0.2, 0.25) is 0 Å². The second kappa shape index (κ2) is 7.37. The van der Waals surface area contributed by atoms with Crippen molar-refractivity contribution in [1.82, 2.24) is 0 Å². The molecule has 0 aliphatic carbocycles. The van der Waals surface area contributed by atoms with Crippen molar-refractivity contribution in [3.05, 3.63) is 34.6 Å². The van der Waals surface area contributed by atoms with E-state index in [1.807, 2.05) is 13.0 Å². The standard InChI is InChI=1S/C13H20FNO2/c1-10-8-13(14)11(2)7-12(10)9-17-6-5-16-4-3-15/h7-8H,3-6,9,15H2,1-2H3. The van der Waals surface area contributed by atoms with Gasteiger partial charge in [0, 0.05) is 6.54 Å². The van der Waals surface area contributed by atoms with Gasteiger partial charge in [-0.05, 0) is 36.6 Å². The van der Waals surface area contributed by atoms with E-state index in [2.05, 4.69) is 0 Å². The van der Waals surface area contributed by atoms with Crippen molar-refractivity contribution >= 4 is 0 Å². The van der Waals surface area contributed by atoms with Crippen LogP contribution in [0.1, 0.15) is 16.7 Å². The van der Waals surface area contributed by atoms with Crippen molar-refractivity contribution < 1.29 is 13.9 Å². The third kappa shape index (κ3) is 4.81. The third-order valence-electron chi connectivity index (χ3n) is 2.51. The second-order valence-corrected chi connectivity index (χ2v) is 3.98. The van der Waals surface area contributed by atoms with Gasteiger partial charge in [0.05, 0.1) is 26.4 Å². The van der Waals surface area contributed by atoms with E-state index in [0.717, 1.165) is 11.1 Å². The summed E-state index contributed by atoms with van der Waals surface area (Å²) in [6.07, 6.45) is 0. The summed E-state index contributed by atoms with van der Waals surface area (Å²) < 4.78 is 23.9. The minimum Gasteiger partial charge on any atom is -0.378 e. The van der Waals surface area contributed by atoms with Crippen LogP contribution in [-0.4, -0.2) is 26.4 Å². The summed E-state index contributed by atoms with van der Waals surface area (Å²) in [5.41, 5.74) is 7.86. The molecule has 0 amide bonds. The largest absolute Gasteiger partial charge is 0.378 e. The molecule has 1 rings (SSSR count). The SMILES string of the molecule is Cc1cc(COCCOCCN)c(C)cc1F. The zero-order chi connectivity index (χ0) is 12.7. The van der Waals surface area contributed by atoms with Crippen LogP contribution in [0.4, 0.5) is 4.39 Å². The average Bonchev–Trinajstić information content (AvgIpc) is 2.30. The summed E-state index contributed by atoms with van der Waals surface area (Å²) in [5, 5.41) is 0. The molecular formula is C13H20FNO2. The molecule has 0 saturated carbocycles. The Bertz CT molecular complexity index is 356.